The van der Waals surface area contributed by atoms with Crippen molar-refractivity contribution in [2.75, 3.05) is 31.6 Å². The van der Waals surface area contributed by atoms with Crippen molar-refractivity contribution in [3.05, 3.63) is 23.9 Å². The van der Waals surface area contributed by atoms with Crippen molar-refractivity contribution >= 4 is 11.7 Å². The first-order chi connectivity index (χ1) is 10.1. The number of hydrogen-bond acceptors (Lipinski definition) is 5. The highest BCUT2D eigenvalue weighted by Gasteiger charge is 2.22. The van der Waals surface area contributed by atoms with Crippen molar-refractivity contribution in [3.63, 3.8) is 0 Å². The van der Waals surface area contributed by atoms with E-state index < -0.39 is 0 Å². The fourth-order valence-corrected chi connectivity index (χ4v) is 2.50. The maximum atomic E-state index is 11.4. The fourth-order valence-electron chi connectivity index (χ4n) is 2.50. The first-order valence-corrected chi connectivity index (χ1v) is 7.35. The predicted octanol–water partition coefficient (Wildman–Crippen LogP) is 0.531. The van der Waals surface area contributed by atoms with Crippen molar-refractivity contribution in [2.24, 2.45) is 0 Å². The summed E-state index contributed by atoms with van der Waals surface area (Å²) in [6.45, 7) is 6.70. The lowest BCUT2D eigenvalue weighted by Gasteiger charge is -2.36. The Morgan fingerprint density at radius 1 is 1.38 bits per heavy atom. The van der Waals surface area contributed by atoms with Gasteiger partial charge in [0.1, 0.15) is 5.82 Å². The number of nitrogens with one attached hydrogen (secondary N) is 2. The second kappa shape index (κ2) is 7.38. The molecule has 2 rings (SSSR count). The summed E-state index contributed by atoms with van der Waals surface area (Å²) in [4.78, 5) is 18.1. The second-order valence-corrected chi connectivity index (χ2v) is 5.49. The highest BCUT2D eigenvalue weighted by molar-refractivity contribution is 5.77. The number of aromatic nitrogens is 1. The minimum absolute atomic E-state index is 0.0163. The van der Waals surface area contributed by atoms with Crippen LogP contribution in [0.15, 0.2) is 18.3 Å². The number of hydrogen-bond donors (Lipinski definition) is 2. The molecule has 2 N–H and O–H groups in total. The number of carbonyl (C=O) groups is 1. The lowest BCUT2D eigenvalue weighted by atomic mass is 10.2. The number of nitrogens with zero attached hydrogens (tertiary/aromatic N) is 2. The van der Waals surface area contributed by atoms with Gasteiger partial charge in [0.05, 0.1) is 18.8 Å². The van der Waals surface area contributed by atoms with Crippen LogP contribution in [-0.2, 0) is 16.1 Å². The third kappa shape index (κ3) is 4.68. The molecular weight excluding hydrogens is 268 g/mol. The molecule has 1 aliphatic heterocycles. The second-order valence-electron chi connectivity index (χ2n) is 5.49. The number of pyridine rings is 1. The van der Waals surface area contributed by atoms with Crippen molar-refractivity contribution in [1.82, 2.24) is 15.6 Å². The molecule has 1 aliphatic rings. The maximum Gasteiger partial charge on any atom is 0.234 e. The summed E-state index contributed by atoms with van der Waals surface area (Å²) in [6.07, 6.45) is 2.26. The number of likely N-dealkylation sites (N-methyl/N-ethyl adjacent to an activating group) is 1. The van der Waals surface area contributed by atoms with E-state index in [2.05, 4.69) is 34.4 Å². The minimum Gasteiger partial charge on any atom is -0.372 e. The maximum absolute atomic E-state index is 11.4. The average molecular weight is 292 g/mol. The molecule has 2 heterocycles. The molecule has 0 radical (unpaired) electrons. The van der Waals surface area contributed by atoms with Crippen molar-refractivity contribution < 1.29 is 9.53 Å². The molecule has 1 aromatic heterocycles. The first-order valence-electron chi connectivity index (χ1n) is 7.35. The van der Waals surface area contributed by atoms with Gasteiger partial charge in [-0.25, -0.2) is 4.98 Å². The van der Waals surface area contributed by atoms with Gasteiger partial charge in [0, 0.05) is 25.8 Å². The smallest absolute Gasteiger partial charge is 0.234 e. The molecule has 0 aliphatic carbocycles. The summed E-state index contributed by atoms with van der Waals surface area (Å²) in [5, 5.41) is 5.66. The van der Waals surface area contributed by atoms with Gasteiger partial charge in [-0.3, -0.25) is 4.79 Å². The Morgan fingerprint density at radius 3 is 2.67 bits per heavy atom. The zero-order valence-corrected chi connectivity index (χ0v) is 12.9. The first kappa shape index (κ1) is 15.7. The minimum atomic E-state index is -0.0163. The molecule has 6 heteroatoms. The van der Waals surface area contributed by atoms with E-state index in [0.717, 1.165) is 24.5 Å². The van der Waals surface area contributed by atoms with Gasteiger partial charge in [-0.2, -0.15) is 0 Å². The van der Waals surface area contributed by atoms with Crippen LogP contribution in [0, 0.1) is 0 Å². The molecule has 0 saturated carbocycles. The molecule has 116 valence electrons. The van der Waals surface area contributed by atoms with Gasteiger partial charge in [-0.1, -0.05) is 6.07 Å². The molecule has 1 aromatic rings. The van der Waals surface area contributed by atoms with E-state index in [1.807, 2.05) is 18.3 Å². The Labute approximate surface area is 125 Å². The fraction of sp³-hybridized carbons (Fsp3) is 0.600. The van der Waals surface area contributed by atoms with Crippen LogP contribution >= 0.6 is 0 Å². The van der Waals surface area contributed by atoms with E-state index in [1.54, 1.807) is 7.05 Å². The van der Waals surface area contributed by atoms with E-state index in [4.69, 9.17) is 4.74 Å². The van der Waals surface area contributed by atoms with E-state index in [1.165, 1.54) is 0 Å². The molecule has 21 heavy (non-hydrogen) atoms. The predicted molar refractivity (Wildman–Crippen MR) is 82.2 cm³/mol. The molecule has 0 aromatic carbocycles. The largest absolute Gasteiger partial charge is 0.372 e. The summed E-state index contributed by atoms with van der Waals surface area (Å²) in [5.74, 6) is 0.944. The van der Waals surface area contributed by atoms with Gasteiger partial charge in [0.15, 0.2) is 0 Å². The highest BCUT2D eigenvalue weighted by atomic mass is 16.5. The molecule has 0 bridgehead atoms. The highest BCUT2D eigenvalue weighted by Crippen LogP contribution is 2.18. The Bertz CT molecular complexity index is 453. The molecule has 2 atom stereocenters. The van der Waals surface area contributed by atoms with Crippen LogP contribution in [0.3, 0.4) is 0 Å². The van der Waals surface area contributed by atoms with Gasteiger partial charge in [-0.15, -0.1) is 0 Å². The Morgan fingerprint density at radius 2 is 2.10 bits per heavy atom. The van der Waals surface area contributed by atoms with Crippen LogP contribution in [0.4, 0.5) is 5.82 Å². The van der Waals surface area contributed by atoms with Crippen LogP contribution in [0.25, 0.3) is 0 Å². The summed E-state index contributed by atoms with van der Waals surface area (Å²) in [6, 6.07) is 4.01. The Kier molecular flexibility index (Phi) is 5.52. The van der Waals surface area contributed by atoms with E-state index in [-0.39, 0.29) is 18.1 Å². The molecule has 0 spiro atoms. The molecular formula is C15H24N4O2. The number of rotatable bonds is 5. The van der Waals surface area contributed by atoms with Crippen molar-refractivity contribution in [1.29, 1.82) is 0 Å². The van der Waals surface area contributed by atoms with Crippen LogP contribution in [0.5, 0.6) is 0 Å². The van der Waals surface area contributed by atoms with E-state index >= 15 is 0 Å². The number of carbonyl (C=O) groups excluding carboxylic acids is 1. The summed E-state index contributed by atoms with van der Waals surface area (Å²) in [7, 11) is 1.75. The monoisotopic (exact) mass is 292 g/mol. The quantitative estimate of drug-likeness (QED) is 0.829. The zero-order chi connectivity index (χ0) is 15.2. The van der Waals surface area contributed by atoms with Gasteiger partial charge in [0.25, 0.3) is 0 Å². The SMILES string of the molecule is CNCC(=O)NCc1ccc(N2CC(C)OC(C)C2)nc1. The van der Waals surface area contributed by atoms with Crippen LogP contribution < -0.4 is 15.5 Å². The Balaban J connectivity index is 1.91. The molecule has 1 saturated heterocycles. The van der Waals surface area contributed by atoms with Crippen molar-refractivity contribution in [3.8, 4) is 0 Å². The van der Waals surface area contributed by atoms with Gasteiger partial charge in [-0.05, 0) is 32.5 Å². The lowest BCUT2D eigenvalue weighted by Crippen LogP contribution is -2.45. The Hall–Kier alpha value is -1.66. The van der Waals surface area contributed by atoms with E-state index in [9.17, 15) is 4.79 Å². The lowest BCUT2D eigenvalue weighted by molar-refractivity contribution is -0.120. The third-order valence-electron chi connectivity index (χ3n) is 3.38. The molecule has 2 unspecified atom stereocenters. The van der Waals surface area contributed by atoms with Crippen LogP contribution in [0.1, 0.15) is 19.4 Å². The molecule has 1 amide bonds. The average Bonchev–Trinajstić information content (AvgIpc) is 2.45. The number of ether oxygens (including phenoxy) is 1. The number of amides is 1. The standard InChI is InChI=1S/C15H24N4O2/c1-11-9-19(10-12(2)21-11)14-5-4-13(6-17-14)7-18-15(20)8-16-3/h4-6,11-12,16H,7-10H2,1-3H3,(H,18,20). The van der Waals surface area contributed by atoms with Gasteiger partial charge < -0.3 is 20.3 Å². The van der Waals surface area contributed by atoms with Gasteiger partial charge >= 0.3 is 0 Å². The topological polar surface area (TPSA) is 66.5 Å². The third-order valence-corrected chi connectivity index (χ3v) is 3.38. The zero-order valence-electron chi connectivity index (χ0n) is 12.9. The molecule has 1 fully saturated rings. The summed E-state index contributed by atoms with van der Waals surface area (Å²) in [5.41, 5.74) is 0.998. The van der Waals surface area contributed by atoms with Crippen LogP contribution in [0.2, 0.25) is 0 Å². The summed E-state index contributed by atoms with van der Waals surface area (Å²) >= 11 is 0. The molecule has 6 nitrogen and oxygen atoms in total. The van der Waals surface area contributed by atoms with Crippen molar-refractivity contribution in [2.45, 2.75) is 32.6 Å². The van der Waals surface area contributed by atoms with E-state index in [0.29, 0.717) is 13.1 Å². The van der Waals surface area contributed by atoms with Crippen LogP contribution in [-0.4, -0.2) is 49.8 Å². The van der Waals surface area contributed by atoms with Gasteiger partial charge in [0.2, 0.25) is 5.91 Å². The normalized spacial score (nSPS) is 22.1. The number of anilines is 1. The number of morpholine rings is 1. The summed E-state index contributed by atoms with van der Waals surface area (Å²) < 4.78 is 5.73.